The van der Waals surface area contributed by atoms with Crippen molar-refractivity contribution in [2.24, 2.45) is 11.0 Å². The molecule has 0 aliphatic heterocycles. The molecule has 0 radical (unpaired) electrons. The molecule has 0 bridgehead atoms. The number of benzene rings is 1. The molecule has 1 rings (SSSR count). The predicted octanol–water partition coefficient (Wildman–Crippen LogP) is 3.20. The minimum Gasteiger partial charge on any atom is -0.465 e. The van der Waals surface area contributed by atoms with Crippen molar-refractivity contribution < 1.29 is 14.3 Å². The standard InChI is InChI=1S/C14H17N3O3/c1-3-20-14(19)12(10(2)18)9-13(16-17-15)11-7-5-4-6-8-11/h4-8,12-13H,3,9H2,1-2H3. The van der Waals surface area contributed by atoms with Gasteiger partial charge in [0, 0.05) is 4.91 Å². The second kappa shape index (κ2) is 7.96. The Balaban J connectivity index is 2.95. The first-order chi connectivity index (χ1) is 9.60. The van der Waals surface area contributed by atoms with Crippen LogP contribution in [0.2, 0.25) is 0 Å². The van der Waals surface area contributed by atoms with E-state index in [0.717, 1.165) is 5.56 Å². The number of ketones is 1. The van der Waals surface area contributed by atoms with Gasteiger partial charge in [0.1, 0.15) is 11.7 Å². The van der Waals surface area contributed by atoms with Crippen molar-refractivity contribution in [2.75, 3.05) is 6.61 Å². The molecule has 2 atom stereocenters. The minimum atomic E-state index is -0.911. The van der Waals surface area contributed by atoms with E-state index < -0.39 is 17.9 Å². The summed E-state index contributed by atoms with van der Waals surface area (Å²) in [5.74, 6) is -1.78. The van der Waals surface area contributed by atoms with Crippen LogP contribution in [0.1, 0.15) is 31.9 Å². The van der Waals surface area contributed by atoms with Gasteiger partial charge in [-0.25, -0.2) is 0 Å². The SMILES string of the molecule is CCOC(=O)C(CC(N=[N+]=[N-])c1ccccc1)C(C)=O. The van der Waals surface area contributed by atoms with E-state index >= 15 is 0 Å². The fraction of sp³-hybridized carbons (Fsp3) is 0.429. The number of esters is 1. The summed E-state index contributed by atoms with van der Waals surface area (Å²) in [7, 11) is 0. The first kappa shape index (κ1) is 15.7. The predicted molar refractivity (Wildman–Crippen MR) is 73.8 cm³/mol. The first-order valence-electron chi connectivity index (χ1n) is 6.36. The molecule has 0 N–H and O–H groups in total. The number of Topliss-reactive ketones (excluding diaryl/α,β-unsaturated/α-hetero) is 1. The summed E-state index contributed by atoms with van der Waals surface area (Å²) in [4.78, 5) is 26.2. The van der Waals surface area contributed by atoms with E-state index in [1.165, 1.54) is 6.92 Å². The van der Waals surface area contributed by atoms with Gasteiger partial charge in [-0.05, 0) is 31.4 Å². The number of carbonyl (C=O) groups excluding carboxylic acids is 2. The Labute approximate surface area is 117 Å². The lowest BCUT2D eigenvalue weighted by Gasteiger charge is -2.17. The summed E-state index contributed by atoms with van der Waals surface area (Å²) in [6, 6.07) is 8.47. The normalized spacial score (nSPS) is 12.9. The topological polar surface area (TPSA) is 92.1 Å². The highest BCUT2D eigenvalue weighted by atomic mass is 16.5. The zero-order valence-electron chi connectivity index (χ0n) is 11.5. The van der Waals surface area contributed by atoms with E-state index in [2.05, 4.69) is 10.0 Å². The van der Waals surface area contributed by atoms with Crippen LogP contribution >= 0.6 is 0 Å². The molecule has 1 aromatic carbocycles. The lowest BCUT2D eigenvalue weighted by molar-refractivity contribution is -0.151. The highest BCUT2D eigenvalue weighted by molar-refractivity contribution is 5.97. The lowest BCUT2D eigenvalue weighted by atomic mass is 9.92. The fourth-order valence-electron chi connectivity index (χ4n) is 1.88. The van der Waals surface area contributed by atoms with Crippen molar-refractivity contribution in [2.45, 2.75) is 26.3 Å². The largest absolute Gasteiger partial charge is 0.465 e. The molecule has 106 valence electrons. The van der Waals surface area contributed by atoms with Crippen LogP contribution in [0.4, 0.5) is 0 Å². The molecular weight excluding hydrogens is 258 g/mol. The second-order valence-corrected chi connectivity index (χ2v) is 4.28. The summed E-state index contributed by atoms with van der Waals surface area (Å²) in [5.41, 5.74) is 9.41. The van der Waals surface area contributed by atoms with Crippen LogP contribution in [-0.2, 0) is 14.3 Å². The Hall–Kier alpha value is -2.33. The fourth-order valence-corrected chi connectivity index (χ4v) is 1.88. The minimum absolute atomic E-state index is 0.113. The van der Waals surface area contributed by atoms with E-state index in [-0.39, 0.29) is 18.8 Å². The summed E-state index contributed by atoms with van der Waals surface area (Å²) in [5, 5.41) is 3.68. The molecule has 6 heteroatoms. The molecule has 0 spiro atoms. The Bertz CT molecular complexity index is 510. The van der Waals surface area contributed by atoms with E-state index in [1.807, 2.05) is 18.2 Å². The number of hydrogen-bond donors (Lipinski definition) is 0. The highest BCUT2D eigenvalue weighted by Gasteiger charge is 2.28. The van der Waals surface area contributed by atoms with Crippen LogP contribution in [0, 0.1) is 5.92 Å². The number of nitrogens with zero attached hydrogens (tertiary/aromatic N) is 3. The summed E-state index contributed by atoms with van der Waals surface area (Å²) in [6.07, 6.45) is 0.113. The van der Waals surface area contributed by atoms with Gasteiger partial charge in [-0.2, -0.15) is 0 Å². The third-order valence-electron chi connectivity index (χ3n) is 2.90. The van der Waals surface area contributed by atoms with Crippen molar-refractivity contribution in [3.8, 4) is 0 Å². The van der Waals surface area contributed by atoms with E-state index in [9.17, 15) is 9.59 Å². The smallest absolute Gasteiger partial charge is 0.316 e. The van der Waals surface area contributed by atoms with Crippen molar-refractivity contribution in [1.82, 2.24) is 0 Å². The van der Waals surface area contributed by atoms with Crippen molar-refractivity contribution in [3.05, 3.63) is 46.3 Å². The van der Waals surface area contributed by atoms with Crippen molar-refractivity contribution in [3.63, 3.8) is 0 Å². The average Bonchev–Trinajstić information content (AvgIpc) is 2.44. The number of rotatable bonds is 7. The number of azide groups is 1. The van der Waals surface area contributed by atoms with E-state index in [0.29, 0.717) is 0 Å². The zero-order valence-corrected chi connectivity index (χ0v) is 11.5. The summed E-state index contributed by atoms with van der Waals surface area (Å²) in [6.45, 7) is 3.22. The van der Waals surface area contributed by atoms with Gasteiger partial charge >= 0.3 is 5.97 Å². The molecule has 0 saturated heterocycles. The van der Waals surface area contributed by atoms with Crippen molar-refractivity contribution in [1.29, 1.82) is 0 Å². The summed E-state index contributed by atoms with van der Waals surface area (Å²) >= 11 is 0. The average molecular weight is 275 g/mol. The maximum atomic E-state index is 11.8. The molecule has 6 nitrogen and oxygen atoms in total. The quantitative estimate of drug-likeness (QED) is 0.251. The molecule has 0 saturated carbocycles. The lowest BCUT2D eigenvalue weighted by Crippen LogP contribution is -2.26. The highest BCUT2D eigenvalue weighted by Crippen LogP contribution is 2.26. The molecule has 0 aliphatic rings. The van der Waals surface area contributed by atoms with Crippen LogP contribution < -0.4 is 0 Å². The molecule has 20 heavy (non-hydrogen) atoms. The van der Waals surface area contributed by atoms with Gasteiger partial charge in [0.25, 0.3) is 0 Å². The number of carbonyl (C=O) groups is 2. The van der Waals surface area contributed by atoms with Gasteiger partial charge < -0.3 is 4.74 Å². The molecule has 2 unspecified atom stereocenters. The van der Waals surface area contributed by atoms with Gasteiger partial charge in [-0.15, -0.1) is 0 Å². The third kappa shape index (κ3) is 4.40. The van der Waals surface area contributed by atoms with Crippen molar-refractivity contribution >= 4 is 11.8 Å². The molecular formula is C14H17N3O3. The van der Waals surface area contributed by atoms with E-state index in [1.54, 1.807) is 19.1 Å². The Morgan fingerprint density at radius 3 is 2.50 bits per heavy atom. The van der Waals surface area contributed by atoms with Gasteiger partial charge in [0.05, 0.1) is 12.6 Å². The second-order valence-electron chi connectivity index (χ2n) is 4.28. The van der Waals surface area contributed by atoms with Gasteiger partial charge in [0.2, 0.25) is 0 Å². The first-order valence-corrected chi connectivity index (χ1v) is 6.36. The molecule has 0 amide bonds. The van der Waals surface area contributed by atoms with Crippen LogP contribution in [0.5, 0.6) is 0 Å². The number of hydrogen-bond acceptors (Lipinski definition) is 4. The Morgan fingerprint density at radius 1 is 1.35 bits per heavy atom. The molecule has 0 aromatic heterocycles. The van der Waals surface area contributed by atoms with Gasteiger partial charge in [0.15, 0.2) is 0 Å². The molecule has 0 aliphatic carbocycles. The number of ether oxygens (including phenoxy) is 1. The van der Waals surface area contributed by atoms with Gasteiger partial charge in [-0.1, -0.05) is 35.4 Å². The van der Waals surface area contributed by atoms with Gasteiger partial charge in [-0.3, -0.25) is 9.59 Å². The molecule has 1 aromatic rings. The monoisotopic (exact) mass is 275 g/mol. The van der Waals surface area contributed by atoms with Crippen LogP contribution in [0.15, 0.2) is 35.4 Å². The maximum absolute atomic E-state index is 11.8. The molecule has 0 heterocycles. The Morgan fingerprint density at radius 2 is 2.00 bits per heavy atom. The van der Waals surface area contributed by atoms with Crippen LogP contribution in [0.3, 0.4) is 0 Å². The van der Waals surface area contributed by atoms with Crippen LogP contribution in [-0.4, -0.2) is 18.4 Å². The Kier molecular flexibility index (Phi) is 6.26. The summed E-state index contributed by atoms with van der Waals surface area (Å²) < 4.78 is 4.89. The maximum Gasteiger partial charge on any atom is 0.316 e. The van der Waals surface area contributed by atoms with Crippen LogP contribution in [0.25, 0.3) is 10.4 Å². The zero-order chi connectivity index (χ0) is 15.0. The van der Waals surface area contributed by atoms with E-state index in [4.69, 9.17) is 10.3 Å². The molecule has 0 fully saturated rings. The third-order valence-corrected chi connectivity index (χ3v) is 2.90.